The monoisotopic (exact) mass is 337 g/mol. The van der Waals surface area contributed by atoms with Crippen LogP contribution in [0.1, 0.15) is 33.9 Å². The van der Waals surface area contributed by atoms with Gasteiger partial charge in [0.1, 0.15) is 6.23 Å². The first-order valence-corrected chi connectivity index (χ1v) is 6.94. The van der Waals surface area contributed by atoms with Gasteiger partial charge in [0, 0.05) is 0 Å². The van der Waals surface area contributed by atoms with Crippen LogP contribution in [0, 0.1) is 0 Å². The molecular formula is C15H19N3O6. The molecule has 1 atom stereocenters. The van der Waals surface area contributed by atoms with Crippen molar-refractivity contribution in [2.75, 3.05) is 0 Å². The fourth-order valence-electron chi connectivity index (χ4n) is 2.35. The number of carbonyl (C=O) groups excluding carboxylic acids is 2. The molecule has 0 amide bonds. The molecule has 1 rings (SSSR count). The van der Waals surface area contributed by atoms with Crippen molar-refractivity contribution in [3.05, 3.63) is 55.8 Å². The highest BCUT2D eigenvalue weighted by atomic mass is 16.3. The third-order valence-electron chi connectivity index (χ3n) is 3.51. The molecule has 130 valence electrons. The van der Waals surface area contributed by atoms with Crippen LogP contribution >= 0.6 is 0 Å². The first kappa shape index (κ1) is 19.2. The topological polar surface area (TPSA) is 131 Å². The molecule has 1 aromatic heterocycles. The molecule has 0 bridgehead atoms. The first-order chi connectivity index (χ1) is 10.9. The highest BCUT2D eigenvalue weighted by molar-refractivity contribution is 6.20. The summed E-state index contributed by atoms with van der Waals surface area (Å²) >= 11 is 0. The molecule has 2 N–H and O–H groups in total. The van der Waals surface area contributed by atoms with E-state index in [-0.39, 0.29) is 11.1 Å². The van der Waals surface area contributed by atoms with Crippen molar-refractivity contribution in [3.63, 3.8) is 0 Å². The number of nitrogens with zero attached hydrogens (tertiary/aromatic N) is 2. The average molecular weight is 337 g/mol. The van der Waals surface area contributed by atoms with Gasteiger partial charge in [0.25, 0.3) is 0 Å². The molecular weight excluding hydrogens is 318 g/mol. The molecule has 9 nitrogen and oxygen atoms in total. The molecule has 0 spiro atoms. The summed E-state index contributed by atoms with van der Waals surface area (Å²) in [7, 11) is 0. The molecule has 0 aromatic carbocycles. The summed E-state index contributed by atoms with van der Waals surface area (Å²) < 4.78 is 0.617. The number of H-pyrrole nitrogens is 1. The number of allylic oxidation sites excluding steroid dienone is 2. The van der Waals surface area contributed by atoms with E-state index in [1.165, 1.54) is 13.8 Å². The predicted octanol–water partition coefficient (Wildman–Crippen LogP) is -0.785. The van der Waals surface area contributed by atoms with E-state index >= 15 is 0 Å². The summed E-state index contributed by atoms with van der Waals surface area (Å²) in [5.41, 5.74) is -6.16. The Morgan fingerprint density at radius 1 is 1.08 bits per heavy atom. The lowest BCUT2D eigenvalue weighted by Gasteiger charge is -2.28. The van der Waals surface area contributed by atoms with Gasteiger partial charge in [-0.1, -0.05) is 13.2 Å². The quantitative estimate of drug-likeness (QED) is 0.517. The van der Waals surface area contributed by atoms with Crippen LogP contribution in [-0.2, 0) is 15.1 Å². The van der Waals surface area contributed by atoms with Crippen LogP contribution in [0.2, 0.25) is 0 Å². The summed E-state index contributed by atoms with van der Waals surface area (Å²) in [6.45, 7) is 11.7. The van der Waals surface area contributed by atoms with Crippen LogP contribution < -0.4 is 17.1 Å². The Kier molecular flexibility index (Phi) is 5.10. The van der Waals surface area contributed by atoms with E-state index in [4.69, 9.17) is 0 Å². The molecule has 0 aliphatic heterocycles. The Hall–Kier alpha value is -2.81. The van der Waals surface area contributed by atoms with Crippen LogP contribution in [0.4, 0.5) is 0 Å². The molecule has 0 radical (unpaired) electrons. The maximum atomic E-state index is 12.6. The van der Waals surface area contributed by atoms with E-state index in [1.807, 2.05) is 4.98 Å². The van der Waals surface area contributed by atoms with Gasteiger partial charge in [0.2, 0.25) is 0 Å². The zero-order chi connectivity index (χ0) is 19.0. The molecule has 0 saturated heterocycles. The maximum absolute atomic E-state index is 12.6. The Morgan fingerprint density at radius 3 is 1.83 bits per heavy atom. The highest BCUT2D eigenvalue weighted by Crippen LogP contribution is 2.22. The van der Waals surface area contributed by atoms with Gasteiger partial charge >= 0.3 is 17.1 Å². The lowest BCUT2D eigenvalue weighted by Crippen LogP contribution is -2.62. The smallest absolute Gasteiger partial charge is 0.339 e. The zero-order valence-corrected chi connectivity index (χ0v) is 13.9. The lowest BCUT2D eigenvalue weighted by molar-refractivity contribution is -0.134. The van der Waals surface area contributed by atoms with Crippen molar-refractivity contribution < 1.29 is 14.7 Å². The molecule has 1 unspecified atom stereocenters. The van der Waals surface area contributed by atoms with Gasteiger partial charge in [-0.15, -0.1) is 0 Å². The minimum atomic E-state index is -2.29. The molecule has 0 aliphatic rings. The third-order valence-corrected chi connectivity index (χ3v) is 3.51. The lowest BCUT2D eigenvalue weighted by atomic mass is 9.84. The summed E-state index contributed by atoms with van der Waals surface area (Å²) in [4.78, 5) is 63.4. The van der Waals surface area contributed by atoms with Crippen molar-refractivity contribution in [1.29, 1.82) is 0 Å². The molecule has 24 heavy (non-hydrogen) atoms. The van der Waals surface area contributed by atoms with Crippen molar-refractivity contribution in [2.45, 2.75) is 39.5 Å². The molecule has 0 aliphatic carbocycles. The van der Waals surface area contributed by atoms with E-state index in [1.54, 1.807) is 0 Å². The fraction of sp³-hybridized carbons (Fsp3) is 0.400. The summed E-state index contributed by atoms with van der Waals surface area (Å²) in [6.07, 6.45) is -1.59. The summed E-state index contributed by atoms with van der Waals surface area (Å²) in [5.74, 6) is -1.78. The van der Waals surface area contributed by atoms with Crippen LogP contribution in [0.5, 0.6) is 0 Å². The van der Waals surface area contributed by atoms with Gasteiger partial charge in [0.15, 0.2) is 17.1 Å². The number of Topliss-reactive ketones (excluding diaryl/α,β-unsaturated/α-hetero) is 2. The second-order valence-corrected chi connectivity index (χ2v) is 5.65. The van der Waals surface area contributed by atoms with E-state index in [2.05, 4.69) is 13.2 Å². The molecule has 1 heterocycles. The molecule has 0 saturated carbocycles. The van der Waals surface area contributed by atoms with E-state index < -0.39 is 40.4 Å². The van der Waals surface area contributed by atoms with Gasteiger partial charge in [0.05, 0.1) is 0 Å². The van der Waals surface area contributed by atoms with Crippen LogP contribution in [0.3, 0.4) is 0 Å². The number of aliphatic hydroxyl groups excluding tert-OH is 1. The van der Waals surface area contributed by atoms with Crippen molar-refractivity contribution in [2.24, 2.45) is 0 Å². The third kappa shape index (κ3) is 2.85. The van der Waals surface area contributed by atoms with Crippen LogP contribution in [0.25, 0.3) is 0 Å². The van der Waals surface area contributed by atoms with E-state index in [0.717, 1.165) is 13.8 Å². The number of carbonyl (C=O) groups is 2. The fourth-order valence-corrected chi connectivity index (χ4v) is 2.35. The van der Waals surface area contributed by atoms with Gasteiger partial charge in [-0.3, -0.25) is 14.6 Å². The number of nitrogens with one attached hydrogen (secondary N) is 1. The van der Waals surface area contributed by atoms with Crippen molar-refractivity contribution in [3.8, 4) is 0 Å². The number of hydrogen-bond acceptors (Lipinski definition) is 6. The maximum Gasteiger partial charge on any atom is 0.339 e. The Labute approximate surface area is 136 Å². The SMILES string of the molecule is C=C(C)C(=O)C(C)(C(=O)C(=C)C)n1c(=O)[nH]c(=O)n(C(C)O)c1=O. The second kappa shape index (κ2) is 6.36. The van der Waals surface area contributed by atoms with Gasteiger partial charge < -0.3 is 5.11 Å². The normalized spacial score (nSPS) is 12.5. The Morgan fingerprint density at radius 2 is 1.50 bits per heavy atom. The number of ketones is 2. The van der Waals surface area contributed by atoms with Crippen molar-refractivity contribution >= 4 is 11.6 Å². The Bertz CT molecular complexity index is 886. The molecule has 9 heteroatoms. The largest absolute Gasteiger partial charge is 0.373 e. The number of aromatic nitrogens is 3. The van der Waals surface area contributed by atoms with Crippen LogP contribution in [0.15, 0.2) is 38.7 Å². The second-order valence-electron chi connectivity index (χ2n) is 5.65. The number of aromatic amines is 1. The zero-order valence-electron chi connectivity index (χ0n) is 13.9. The van der Waals surface area contributed by atoms with Gasteiger partial charge in [-0.2, -0.15) is 0 Å². The van der Waals surface area contributed by atoms with Gasteiger partial charge in [-0.05, 0) is 38.8 Å². The van der Waals surface area contributed by atoms with E-state index in [9.17, 15) is 29.1 Å². The Balaban J connectivity index is 4.08. The van der Waals surface area contributed by atoms with Crippen LogP contribution in [-0.4, -0.2) is 30.8 Å². The molecule has 1 aromatic rings. The first-order valence-electron chi connectivity index (χ1n) is 6.94. The minimum Gasteiger partial charge on any atom is -0.373 e. The molecule has 0 fully saturated rings. The number of hydrogen-bond donors (Lipinski definition) is 2. The van der Waals surface area contributed by atoms with Gasteiger partial charge in [-0.25, -0.2) is 23.5 Å². The average Bonchev–Trinajstić information content (AvgIpc) is 2.43. The van der Waals surface area contributed by atoms with Crippen molar-refractivity contribution in [1.82, 2.24) is 14.1 Å². The minimum absolute atomic E-state index is 0.0757. The number of rotatable bonds is 6. The standard InChI is InChI=1S/C15H19N3O6/c1-7(2)10(20)15(6,11(21)8(3)4)18-13(23)16-12(22)17(9(5)19)14(18)24/h9,19H,1,3H2,2,4-6H3,(H,16,22,23). The highest BCUT2D eigenvalue weighted by Gasteiger charge is 2.46. The van der Waals surface area contributed by atoms with E-state index in [0.29, 0.717) is 9.13 Å². The predicted molar refractivity (Wildman–Crippen MR) is 85.8 cm³/mol. The number of aliphatic hydroxyl groups is 1. The summed E-state index contributed by atoms with van der Waals surface area (Å²) in [6, 6.07) is 0. The summed E-state index contributed by atoms with van der Waals surface area (Å²) in [5, 5.41) is 9.58.